The fraction of sp³-hybridized carbons (Fsp3) is 0.133. The van der Waals surface area contributed by atoms with E-state index < -0.39 is 22.1 Å². The van der Waals surface area contributed by atoms with Crippen LogP contribution in [-0.4, -0.2) is 30.5 Å². The highest BCUT2D eigenvalue weighted by atomic mass is 35.5. The van der Waals surface area contributed by atoms with Crippen molar-refractivity contribution in [1.82, 2.24) is 10.1 Å². The number of pyridine rings is 1. The van der Waals surface area contributed by atoms with Gasteiger partial charge in [0.1, 0.15) is 10.6 Å². The Balaban J connectivity index is 2.17. The first-order valence-corrected chi connectivity index (χ1v) is 8.03. The van der Waals surface area contributed by atoms with Crippen LogP contribution in [0.25, 0.3) is 22.8 Å². The summed E-state index contributed by atoms with van der Waals surface area (Å²) in [5.74, 6) is -1.82. The maximum absolute atomic E-state index is 11.0. The van der Waals surface area contributed by atoms with Gasteiger partial charge in [0.15, 0.2) is 5.75 Å². The van der Waals surface area contributed by atoms with E-state index in [-0.39, 0.29) is 33.0 Å². The lowest BCUT2D eigenvalue weighted by atomic mass is 10.1. The van der Waals surface area contributed by atoms with Crippen LogP contribution in [0, 0.1) is 24.0 Å². The lowest BCUT2D eigenvalue weighted by Gasteiger charge is -2.05. The number of halogens is 2. The Hall–Kier alpha value is -3.11. The van der Waals surface area contributed by atoms with Crippen LogP contribution in [-0.2, 0) is 0 Å². The highest BCUT2D eigenvalue weighted by molar-refractivity contribution is 6.34. The Morgan fingerprint density at radius 3 is 2.56 bits per heavy atom. The Labute approximate surface area is 160 Å². The Morgan fingerprint density at radius 2 is 1.93 bits per heavy atom. The van der Waals surface area contributed by atoms with Crippen LogP contribution >= 0.6 is 23.2 Å². The molecule has 0 spiro atoms. The van der Waals surface area contributed by atoms with E-state index in [0.29, 0.717) is 16.0 Å². The third-order valence-corrected chi connectivity index (χ3v) is 4.80. The molecule has 3 N–H and O–H groups in total. The van der Waals surface area contributed by atoms with Crippen LogP contribution < -0.4 is 4.73 Å². The number of benzene rings is 1. The van der Waals surface area contributed by atoms with Crippen LogP contribution in [0.5, 0.6) is 11.5 Å². The van der Waals surface area contributed by atoms with E-state index in [1.807, 2.05) is 0 Å². The highest BCUT2D eigenvalue weighted by Gasteiger charge is 2.30. The van der Waals surface area contributed by atoms with Crippen LogP contribution in [0.4, 0.5) is 5.69 Å². The molecule has 27 heavy (non-hydrogen) atoms. The monoisotopic (exact) mass is 413 g/mol. The molecule has 140 valence electrons. The SMILES string of the molecule is Cc1c(Cl)c(C)[n+](O)c(Cl)c1-c1noc(-c2cc(O)c(O)c([N+](=O)[O-])c2)n1. The van der Waals surface area contributed by atoms with Gasteiger partial charge < -0.3 is 14.7 Å². The molecule has 1 aromatic carbocycles. The number of nitrogens with zero attached hydrogens (tertiary/aromatic N) is 4. The van der Waals surface area contributed by atoms with Crippen molar-refractivity contribution in [2.45, 2.75) is 13.8 Å². The molecule has 0 atom stereocenters. The van der Waals surface area contributed by atoms with Gasteiger partial charge in [0.05, 0.1) is 10.5 Å². The van der Waals surface area contributed by atoms with Gasteiger partial charge in [-0.05, 0) is 30.2 Å². The summed E-state index contributed by atoms with van der Waals surface area (Å²) in [4.78, 5) is 14.2. The summed E-state index contributed by atoms with van der Waals surface area (Å²) in [6, 6.07) is 2.00. The molecule has 0 aliphatic rings. The van der Waals surface area contributed by atoms with Gasteiger partial charge in [-0.3, -0.25) is 15.3 Å². The molecule has 0 aliphatic heterocycles. The van der Waals surface area contributed by atoms with E-state index in [2.05, 4.69) is 10.1 Å². The molecule has 12 heteroatoms. The third-order valence-electron chi connectivity index (χ3n) is 3.89. The second kappa shape index (κ2) is 6.56. The fourth-order valence-corrected chi connectivity index (χ4v) is 2.98. The van der Waals surface area contributed by atoms with E-state index in [9.17, 15) is 25.5 Å². The van der Waals surface area contributed by atoms with Gasteiger partial charge in [-0.2, -0.15) is 4.98 Å². The Bertz CT molecular complexity index is 1070. The molecule has 0 radical (unpaired) electrons. The lowest BCUT2D eigenvalue weighted by molar-refractivity contribution is -0.906. The fourth-order valence-electron chi connectivity index (χ4n) is 2.45. The van der Waals surface area contributed by atoms with E-state index in [4.69, 9.17) is 27.7 Å². The number of nitro groups is 1. The zero-order chi connectivity index (χ0) is 20.0. The molecule has 0 amide bonds. The van der Waals surface area contributed by atoms with Crippen molar-refractivity contribution in [3.8, 4) is 34.3 Å². The van der Waals surface area contributed by atoms with Gasteiger partial charge in [-0.25, -0.2) is 0 Å². The van der Waals surface area contributed by atoms with Gasteiger partial charge in [-0.1, -0.05) is 16.8 Å². The van der Waals surface area contributed by atoms with Gasteiger partial charge in [-0.15, -0.1) is 0 Å². The number of aromatic nitrogens is 3. The number of hydrogen-bond acceptors (Lipinski definition) is 8. The molecule has 0 unspecified atom stereocenters. The standard InChI is InChI=1S/C15H10Cl2N4O6/c1-5-10(13(17)20(24)6(2)11(5)16)14-18-15(27-19-14)7-3-8(21(25)26)12(23)9(22)4-7/h3-4H,1-2H3,(H2-,18,19,22,23,24)/p+1. The summed E-state index contributed by atoms with van der Waals surface area (Å²) in [7, 11) is 0. The minimum atomic E-state index is -0.881. The van der Waals surface area contributed by atoms with Crippen LogP contribution in [0.1, 0.15) is 11.3 Å². The molecule has 3 aromatic rings. The molecule has 0 saturated heterocycles. The summed E-state index contributed by atoms with van der Waals surface area (Å²) in [6.07, 6.45) is 0. The average Bonchev–Trinajstić information content (AvgIpc) is 3.10. The lowest BCUT2D eigenvalue weighted by Crippen LogP contribution is -2.36. The number of hydrogen-bond donors (Lipinski definition) is 3. The average molecular weight is 414 g/mol. The minimum absolute atomic E-state index is 0.000362. The number of nitro benzene ring substituents is 1. The Morgan fingerprint density at radius 1 is 1.26 bits per heavy atom. The van der Waals surface area contributed by atoms with Crippen molar-refractivity contribution in [2.75, 3.05) is 0 Å². The van der Waals surface area contributed by atoms with Gasteiger partial charge >= 0.3 is 10.8 Å². The minimum Gasteiger partial charge on any atom is -0.504 e. The molecular weight excluding hydrogens is 403 g/mol. The number of phenolic OH excluding ortho intramolecular Hbond substituents is 2. The predicted molar refractivity (Wildman–Crippen MR) is 92.0 cm³/mol. The van der Waals surface area contributed by atoms with Crippen molar-refractivity contribution in [3.05, 3.63) is 43.7 Å². The van der Waals surface area contributed by atoms with Crippen molar-refractivity contribution < 1.29 is 29.6 Å². The van der Waals surface area contributed by atoms with Crippen molar-refractivity contribution in [2.24, 2.45) is 0 Å². The topological polar surface area (TPSA) is 147 Å². The maximum Gasteiger partial charge on any atom is 0.336 e. The maximum atomic E-state index is 11.0. The quantitative estimate of drug-likeness (QED) is 0.148. The predicted octanol–water partition coefficient (Wildman–Crippen LogP) is 3.17. The summed E-state index contributed by atoms with van der Waals surface area (Å²) in [5.41, 5.74) is 0.259. The molecule has 0 saturated carbocycles. The first-order valence-electron chi connectivity index (χ1n) is 7.27. The Kier molecular flexibility index (Phi) is 4.54. The zero-order valence-corrected chi connectivity index (χ0v) is 15.3. The van der Waals surface area contributed by atoms with Gasteiger partial charge in [0.25, 0.3) is 11.6 Å². The number of phenols is 2. The van der Waals surface area contributed by atoms with Crippen LogP contribution in [0.3, 0.4) is 0 Å². The second-order valence-electron chi connectivity index (χ2n) is 5.55. The normalized spacial score (nSPS) is 11.0. The first kappa shape index (κ1) is 18.7. The highest BCUT2D eigenvalue weighted by Crippen LogP contribution is 2.40. The molecule has 0 bridgehead atoms. The van der Waals surface area contributed by atoms with E-state index in [1.165, 1.54) is 0 Å². The smallest absolute Gasteiger partial charge is 0.336 e. The van der Waals surface area contributed by atoms with Gasteiger partial charge in [0, 0.05) is 17.7 Å². The molecule has 0 aliphatic carbocycles. The molecular formula is C15H11Cl2N4O6+. The number of aromatic hydroxyl groups is 2. The summed E-state index contributed by atoms with van der Waals surface area (Å²) < 4.78 is 5.75. The third kappa shape index (κ3) is 2.98. The van der Waals surface area contributed by atoms with Crippen molar-refractivity contribution in [1.29, 1.82) is 0 Å². The van der Waals surface area contributed by atoms with E-state index >= 15 is 0 Å². The van der Waals surface area contributed by atoms with Crippen molar-refractivity contribution >= 4 is 28.9 Å². The zero-order valence-electron chi connectivity index (χ0n) is 13.8. The summed E-state index contributed by atoms with van der Waals surface area (Å²) >= 11 is 12.3. The largest absolute Gasteiger partial charge is 0.504 e. The second-order valence-corrected chi connectivity index (χ2v) is 6.28. The summed E-state index contributed by atoms with van der Waals surface area (Å²) in [6.45, 7) is 3.20. The van der Waals surface area contributed by atoms with Crippen LogP contribution in [0.15, 0.2) is 16.7 Å². The molecule has 2 heterocycles. The van der Waals surface area contributed by atoms with Crippen LogP contribution in [0.2, 0.25) is 10.2 Å². The summed E-state index contributed by atoms with van der Waals surface area (Å²) in [5, 5.41) is 44.1. The van der Waals surface area contributed by atoms with Crippen molar-refractivity contribution in [3.63, 3.8) is 0 Å². The number of rotatable bonds is 3. The van der Waals surface area contributed by atoms with E-state index in [0.717, 1.165) is 12.1 Å². The van der Waals surface area contributed by atoms with Gasteiger partial charge in [0.2, 0.25) is 11.6 Å². The van der Waals surface area contributed by atoms with E-state index in [1.54, 1.807) is 13.8 Å². The molecule has 0 fully saturated rings. The molecule has 3 rings (SSSR count). The molecule has 10 nitrogen and oxygen atoms in total. The first-order chi connectivity index (χ1) is 12.6. The molecule has 2 aromatic heterocycles.